The molecule has 0 saturated carbocycles. The van der Waals surface area contributed by atoms with Crippen molar-refractivity contribution in [1.29, 1.82) is 0 Å². The van der Waals surface area contributed by atoms with Crippen LogP contribution in [0.3, 0.4) is 0 Å². The Kier molecular flexibility index (Phi) is 1.86. The highest BCUT2D eigenvalue weighted by molar-refractivity contribution is 6.07. The molecule has 0 radical (unpaired) electrons. The molecule has 0 fully saturated rings. The first-order chi connectivity index (χ1) is 6.61. The van der Waals surface area contributed by atoms with Gasteiger partial charge in [-0.25, -0.2) is 0 Å². The summed E-state index contributed by atoms with van der Waals surface area (Å²) in [6, 6.07) is 7.58. The topological polar surface area (TPSA) is 40.5 Å². The molecule has 14 heavy (non-hydrogen) atoms. The number of rotatable bonds is 1. The van der Waals surface area contributed by atoms with Crippen LogP contribution in [-0.4, -0.2) is 24.7 Å². The highest BCUT2D eigenvalue weighted by atomic mass is 16.3. The van der Waals surface area contributed by atoms with Gasteiger partial charge in [0.25, 0.3) is 0 Å². The van der Waals surface area contributed by atoms with Crippen LogP contribution in [0.5, 0.6) is 0 Å². The largest absolute Gasteiger partial charge is 0.395 e. The van der Waals surface area contributed by atoms with Gasteiger partial charge in [-0.1, -0.05) is 18.2 Å². The van der Waals surface area contributed by atoms with Crippen molar-refractivity contribution in [2.24, 2.45) is 0 Å². The second-order valence-corrected chi connectivity index (χ2v) is 3.87. The SMILES string of the molecule is CN1C(=O)[C@](C)(CO)c2ccccc21. The van der Waals surface area contributed by atoms with E-state index in [9.17, 15) is 9.90 Å². The zero-order valence-corrected chi connectivity index (χ0v) is 8.32. The summed E-state index contributed by atoms with van der Waals surface area (Å²) >= 11 is 0. The molecule has 1 aliphatic rings. The van der Waals surface area contributed by atoms with Crippen molar-refractivity contribution in [3.8, 4) is 0 Å². The minimum Gasteiger partial charge on any atom is -0.395 e. The molecule has 1 atom stereocenters. The van der Waals surface area contributed by atoms with Gasteiger partial charge in [-0.05, 0) is 18.6 Å². The lowest BCUT2D eigenvalue weighted by Gasteiger charge is -2.19. The summed E-state index contributed by atoms with van der Waals surface area (Å²) < 4.78 is 0. The van der Waals surface area contributed by atoms with Crippen molar-refractivity contribution >= 4 is 11.6 Å². The Morgan fingerprint density at radius 1 is 1.43 bits per heavy atom. The third-order valence-electron chi connectivity index (χ3n) is 2.95. The summed E-state index contributed by atoms with van der Waals surface area (Å²) in [5.74, 6) is -0.0406. The molecule has 0 aliphatic carbocycles. The van der Waals surface area contributed by atoms with E-state index in [-0.39, 0.29) is 12.5 Å². The van der Waals surface area contributed by atoms with Crippen LogP contribution in [0, 0.1) is 0 Å². The Bertz CT molecular complexity index is 389. The van der Waals surface area contributed by atoms with Gasteiger partial charge in [0.15, 0.2) is 0 Å². The van der Waals surface area contributed by atoms with Gasteiger partial charge in [0.2, 0.25) is 5.91 Å². The minimum atomic E-state index is -0.759. The Hall–Kier alpha value is -1.35. The van der Waals surface area contributed by atoms with Crippen LogP contribution in [0.15, 0.2) is 24.3 Å². The molecule has 3 heteroatoms. The normalized spacial score (nSPS) is 25.4. The van der Waals surface area contributed by atoms with Gasteiger partial charge in [-0.2, -0.15) is 0 Å². The molecule has 1 heterocycles. The Balaban J connectivity index is 2.65. The van der Waals surface area contributed by atoms with E-state index in [0.717, 1.165) is 11.3 Å². The number of carbonyl (C=O) groups excluding carboxylic acids is 1. The fourth-order valence-electron chi connectivity index (χ4n) is 1.98. The van der Waals surface area contributed by atoms with Crippen molar-refractivity contribution < 1.29 is 9.90 Å². The van der Waals surface area contributed by atoms with Gasteiger partial charge in [-0.3, -0.25) is 4.79 Å². The van der Waals surface area contributed by atoms with Crippen molar-refractivity contribution in [2.45, 2.75) is 12.3 Å². The number of fused-ring (bicyclic) bond motifs is 1. The lowest BCUT2D eigenvalue weighted by atomic mass is 9.85. The van der Waals surface area contributed by atoms with Crippen LogP contribution in [0.2, 0.25) is 0 Å². The third kappa shape index (κ3) is 0.930. The van der Waals surface area contributed by atoms with Crippen molar-refractivity contribution in [3.63, 3.8) is 0 Å². The number of likely N-dealkylation sites (N-methyl/N-ethyl adjacent to an activating group) is 1. The molecule has 2 rings (SSSR count). The second-order valence-electron chi connectivity index (χ2n) is 3.87. The van der Waals surface area contributed by atoms with Gasteiger partial charge in [0.05, 0.1) is 12.0 Å². The van der Waals surface area contributed by atoms with E-state index in [1.165, 1.54) is 0 Å². The van der Waals surface area contributed by atoms with Crippen LogP contribution in [-0.2, 0) is 10.2 Å². The third-order valence-corrected chi connectivity index (χ3v) is 2.95. The number of carbonyl (C=O) groups is 1. The number of aliphatic hydroxyl groups excluding tert-OH is 1. The molecule has 3 nitrogen and oxygen atoms in total. The monoisotopic (exact) mass is 191 g/mol. The zero-order valence-electron chi connectivity index (χ0n) is 8.32. The number of hydrogen-bond donors (Lipinski definition) is 1. The van der Waals surface area contributed by atoms with Crippen LogP contribution >= 0.6 is 0 Å². The lowest BCUT2D eigenvalue weighted by Crippen LogP contribution is -2.38. The molecule has 1 aromatic rings. The minimum absolute atomic E-state index is 0.0406. The fraction of sp³-hybridized carbons (Fsp3) is 0.364. The number of para-hydroxylation sites is 1. The van der Waals surface area contributed by atoms with Gasteiger partial charge >= 0.3 is 0 Å². The molecule has 0 spiro atoms. The average molecular weight is 191 g/mol. The first-order valence-electron chi connectivity index (χ1n) is 4.60. The van der Waals surface area contributed by atoms with Crippen molar-refractivity contribution in [2.75, 3.05) is 18.6 Å². The predicted molar refractivity (Wildman–Crippen MR) is 54.3 cm³/mol. The summed E-state index contributed by atoms with van der Waals surface area (Å²) in [5, 5.41) is 9.31. The van der Waals surface area contributed by atoms with Gasteiger partial charge < -0.3 is 10.0 Å². The Labute approximate surface area is 83.0 Å². The highest BCUT2D eigenvalue weighted by Crippen LogP contribution is 2.40. The predicted octanol–water partition coefficient (Wildman–Crippen LogP) is 0.913. The molecular formula is C11H13NO2. The summed E-state index contributed by atoms with van der Waals surface area (Å²) in [4.78, 5) is 13.5. The van der Waals surface area contributed by atoms with E-state index >= 15 is 0 Å². The summed E-state index contributed by atoms with van der Waals surface area (Å²) in [5.41, 5.74) is 1.05. The second kappa shape index (κ2) is 2.82. The zero-order chi connectivity index (χ0) is 10.3. The number of nitrogens with zero attached hydrogens (tertiary/aromatic N) is 1. The lowest BCUT2D eigenvalue weighted by molar-refractivity contribution is -0.123. The summed E-state index contributed by atoms with van der Waals surface area (Å²) in [7, 11) is 1.74. The van der Waals surface area contributed by atoms with Crippen LogP contribution in [0.25, 0.3) is 0 Å². The molecule has 1 aromatic carbocycles. The van der Waals surface area contributed by atoms with Crippen LogP contribution in [0.1, 0.15) is 12.5 Å². The standard InChI is InChI=1S/C11H13NO2/c1-11(7-13)8-5-3-4-6-9(8)12(2)10(11)14/h3-6,13H,7H2,1-2H3/t11-/m1/s1. The maximum absolute atomic E-state index is 11.9. The molecule has 74 valence electrons. The summed E-state index contributed by atoms with van der Waals surface area (Å²) in [6.07, 6.45) is 0. The highest BCUT2D eigenvalue weighted by Gasteiger charge is 2.45. The molecule has 0 unspecified atom stereocenters. The summed E-state index contributed by atoms with van der Waals surface area (Å²) in [6.45, 7) is 1.63. The number of aliphatic hydroxyl groups is 1. The van der Waals surface area contributed by atoms with E-state index in [2.05, 4.69) is 0 Å². The maximum Gasteiger partial charge on any atom is 0.239 e. The molecule has 0 saturated heterocycles. The number of benzene rings is 1. The smallest absolute Gasteiger partial charge is 0.239 e. The molecule has 1 amide bonds. The van der Waals surface area contributed by atoms with Gasteiger partial charge in [0, 0.05) is 12.7 Å². The van der Waals surface area contributed by atoms with E-state index in [4.69, 9.17) is 0 Å². The number of amides is 1. The number of anilines is 1. The van der Waals surface area contributed by atoms with Gasteiger partial charge in [-0.15, -0.1) is 0 Å². The molecule has 0 aromatic heterocycles. The number of hydrogen-bond acceptors (Lipinski definition) is 2. The first-order valence-corrected chi connectivity index (χ1v) is 4.60. The van der Waals surface area contributed by atoms with E-state index in [0.29, 0.717) is 0 Å². The quantitative estimate of drug-likeness (QED) is 0.716. The van der Waals surface area contributed by atoms with E-state index < -0.39 is 5.41 Å². The fourth-order valence-corrected chi connectivity index (χ4v) is 1.98. The average Bonchev–Trinajstić information content (AvgIpc) is 2.43. The molecule has 1 N–H and O–H groups in total. The molecular weight excluding hydrogens is 178 g/mol. The van der Waals surface area contributed by atoms with Gasteiger partial charge in [0.1, 0.15) is 0 Å². The maximum atomic E-state index is 11.9. The molecule has 1 aliphatic heterocycles. The van der Waals surface area contributed by atoms with E-state index in [1.54, 1.807) is 18.9 Å². The first kappa shape index (κ1) is 9.21. The molecule has 0 bridgehead atoms. The van der Waals surface area contributed by atoms with Crippen LogP contribution in [0.4, 0.5) is 5.69 Å². The van der Waals surface area contributed by atoms with Crippen molar-refractivity contribution in [1.82, 2.24) is 0 Å². The van der Waals surface area contributed by atoms with Crippen molar-refractivity contribution in [3.05, 3.63) is 29.8 Å². The Morgan fingerprint density at radius 3 is 2.71 bits per heavy atom. The van der Waals surface area contributed by atoms with E-state index in [1.807, 2.05) is 24.3 Å². The van der Waals surface area contributed by atoms with Crippen LogP contribution < -0.4 is 4.90 Å². The Morgan fingerprint density at radius 2 is 2.07 bits per heavy atom.